The van der Waals surface area contributed by atoms with Gasteiger partial charge in [0.05, 0.1) is 19.3 Å². The number of rotatable bonds is 5. The second-order valence-electron chi connectivity index (χ2n) is 5.81. The van der Waals surface area contributed by atoms with E-state index < -0.39 is 0 Å². The van der Waals surface area contributed by atoms with Gasteiger partial charge in [-0.3, -0.25) is 10.2 Å². The number of amides is 2. The Kier molecular flexibility index (Phi) is 5.79. The fraction of sp³-hybridized carbons (Fsp3) is 0.412. The molecule has 0 saturated carbocycles. The van der Waals surface area contributed by atoms with Gasteiger partial charge in [-0.1, -0.05) is 29.8 Å². The first kappa shape index (κ1) is 16.9. The van der Waals surface area contributed by atoms with Crippen LogP contribution in [0.3, 0.4) is 0 Å². The first-order valence-electron chi connectivity index (χ1n) is 8.04. The standard InChI is InChI=1S/C17H22N4O2S/c1-13-2-4-14(5-3-13)15(12-21-7-9-23-10-8-21)19-16(22)20-17-18-6-11-24-17/h2-6,11,15H,7-10,12H2,1H3,(H2,18,19,20,22)/t15-/m0/s1. The Morgan fingerprint density at radius 1 is 1.33 bits per heavy atom. The maximum Gasteiger partial charge on any atom is 0.321 e. The number of hydrogen-bond acceptors (Lipinski definition) is 5. The first-order valence-corrected chi connectivity index (χ1v) is 8.92. The number of carbonyl (C=O) groups excluding carboxylic acids is 1. The highest BCUT2D eigenvalue weighted by Gasteiger charge is 2.20. The van der Waals surface area contributed by atoms with E-state index in [1.54, 1.807) is 6.20 Å². The maximum atomic E-state index is 12.3. The Labute approximate surface area is 145 Å². The first-order chi connectivity index (χ1) is 11.7. The molecule has 0 radical (unpaired) electrons. The van der Waals surface area contributed by atoms with Gasteiger partial charge in [0.15, 0.2) is 5.13 Å². The third-order valence-corrected chi connectivity index (χ3v) is 4.67. The lowest BCUT2D eigenvalue weighted by atomic mass is 10.0. The van der Waals surface area contributed by atoms with Crippen LogP contribution in [0.5, 0.6) is 0 Å². The van der Waals surface area contributed by atoms with Crippen molar-refractivity contribution in [2.45, 2.75) is 13.0 Å². The summed E-state index contributed by atoms with van der Waals surface area (Å²) in [6, 6.07) is 7.98. The second-order valence-corrected chi connectivity index (χ2v) is 6.71. The molecule has 3 rings (SSSR count). The van der Waals surface area contributed by atoms with E-state index in [1.807, 2.05) is 5.38 Å². The number of morpholine rings is 1. The van der Waals surface area contributed by atoms with Crippen molar-refractivity contribution in [1.82, 2.24) is 15.2 Å². The van der Waals surface area contributed by atoms with Crippen LogP contribution in [0.2, 0.25) is 0 Å². The van der Waals surface area contributed by atoms with Crippen LogP contribution in [0.4, 0.5) is 9.93 Å². The predicted molar refractivity (Wildman–Crippen MR) is 95.4 cm³/mol. The number of aryl methyl sites for hydroxylation is 1. The Balaban J connectivity index is 1.68. The van der Waals surface area contributed by atoms with Crippen LogP contribution in [0, 0.1) is 6.92 Å². The summed E-state index contributed by atoms with van der Waals surface area (Å²) in [5.74, 6) is 0. The summed E-state index contributed by atoms with van der Waals surface area (Å²) < 4.78 is 5.41. The van der Waals surface area contributed by atoms with E-state index in [1.165, 1.54) is 16.9 Å². The van der Waals surface area contributed by atoms with Crippen molar-refractivity contribution in [2.75, 3.05) is 38.2 Å². The Morgan fingerprint density at radius 3 is 2.75 bits per heavy atom. The summed E-state index contributed by atoms with van der Waals surface area (Å²) in [6.07, 6.45) is 1.67. The molecule has 0 spiro atoms. The fourth-order valence-electron chi connectivity index (χ4n) is 2.65. The number of anilines is 1. The molecule has 1 atom stereocenters. The minimum absolute atomic E-state index is 0.0799. The Hall–Kier alpha value is -1.96. The van der Waals surface area contributed by atoms with Gasteiger partial charge in [-0.2, -0.15) is 0 Å². The topological polar surface area (TPSA) is 66.5 Å². The van der Waals surface area contributed by atoms with E-state index in [0.717, 1.165) is 38.4 Å². The Morgan fingerprint density at radius 2 is 2.08 bits per heavy atom. The van der Waals surface area contributed by atoms with Gasteiger partial charge >= 0.3 is 6.03 Å². The zero-order valence-electron chi connectivity index (χ0n) is 13.7. The third kappa shape index (κ3) is 4.77. The number of hydrogen-bond donors (Lipinski definition) is 2. The number of nitrogens with zero attached hydrogens (tertiary/aromatic N) is 2. The van der Waals surface area contributed by atoms with Crippen LogP contribution < -0.4 is 10.6 Å². The lowest BCUT2D eigenvalue weighted by molar-refractivity contribution is 0.0340. The molecule has 2 N–H and O–H groups in total. The van der Waals surface area contributed by atoms with Gasteiger partial charge < -0.3 is 10.1 Å². The highest BCUT2D eigenvalue weighted by molar-refractivity contribution is 7.13. The number of nitrogens with one attached hydrogen (secondary N) is 2. The monoisotopic (exact) mass is 346 g/mol. The van der Waals surface area contributed by atoms with Crippen LogP contribution >= 0.6 is 11.3 Å². The summed E-state index contributed by atoms with van der Waals surface area (Å²) >= 11 is 1.40. The average Bonchev–Trinajstić information content (AvgIpc) is 3.09. The predicted octanol–water partition coefficient (Wildman–Crippen LogP) is 2.65. The van der Waals surface area contributed by atoms with E-state index in [4.69, 9.17) is 4.74 Å². The van der Waals surface area contributed by atoms with E-state index in [0.29, 0.717) is 5.13 Å². The van der Waals surface area contributed by atoms with Gasteiger partial charge in [-0.15, -0.1) is 11.3 Å². The molecule has 1 aromatic carbocycles. The lowest BCUT2D eigenvalue weighted by Gasteiger charge is -2.31. The normalized spacial score (nSPS) is 16.5. The highest BCUT2D eigenvalue weighted by atomic mass is 32.1. The maximum absolute atomic E-state index is 12.3. The summed E-state index contributed by atoms with van der Waals surface area (Å²) in [4.78, 5) is 18.7. The minimum atomic E-state index is -0.233. The smallest absolute Gasteiger partial charge is 0.321 e. The minimum Gasteiger partial charge on any atom is -0.379 e. The molecule has 2 heterocycles. The summed E-state index contributed by atoms with van der Waals surface area (Å²) in [7, 11) is 0. The number of ether oxygens (including phenoxy) is 1. The van der Waals surface area contributed by atoms with E-state index in [2.05, 4.69) is 51.7 Å². The summed E-state index contributed by atoms with van der Waals surface area (Å²) in [6.45, 7) is 6.08. The number of carbonyl (C=O) groups is 1. The number of aromatic nitrogens is 1. The summed E-state index contributed by atoms with van der Waals surface area (Å²) in [5.41, 5.74) is 2.30. The molecule has 2 aromatic rings. The van der Waals surface area contributed by atoms with Crippen LogP contribution in [0.15, 0.2) is 35.8 Å². The molecule has 0 aliphatic carbocycles. The number of urea groups is 1. The van der Waals surface area contributed by atoms with Crippen molar-refractivity contribution in [3.8, 4) is 0 Å². The second kappa shape index (κ2) is 8.23. The van der Waals surface area contributed by atoms with Crippen molar-refractivity contribution >= 4 is 22.5 Å². The Bertz CT molecular complexity index is 639. The molecule has 0 unspecified atom stereocenters. The van der Waals surface area contributed by atoms with Gasteiger partial charge in [-0.25, -0.2) is 9.78 Å². The molecule has 6 nitrogen and oxygen atoms in total. The van der Waals surface area contributed by atoms with Crippen molar-refractivity contribution in [3.05, 3.63) is 47.0 Å². The quantitative estimate of drug-likeness (QED) is 0.873. The molecule has 7 heteroatoms. The van der Waals surface area contributed by atoms with Gasteiger partial charge in [0, 0.05) is 31.2 Å². The van der Waals surface area contributed by atoms with Crippen molar-refractivity contribution in [2.24, 2.45) is 0 Å². The van der Waals surface area contributed by atoms with Crippen LogP contribution in [0.1, 0.15) is 17.2 Å². The zero-order chi connectivity index (χ0) is 16.8. The van der Waals surface area contributed by atoms with Gasteiger partial charge in [0.25, 0.3) is 0 Å². The number of benzene rings is 1. The molecule has 1 saturated heterocycles. The SMILES string of the molecule is Cc1ccc([C@H](CN2CCOCC2)NC(=O)Nc2nccs2)cc1. The molecule has 0 bridgehead atoms. The highest BCUT2D eigenvalue weighted by Crippen LogP contribution is 2.17. The molecule has 2 amide bonds. The summed E-state index contributed by atoms with van der Waals surface area (Å²) in [5, 5.41) is 8.29. The molecule has 1 aliphatic rings. The van der Waals surface area contributed by atoms with E-state index in [9.17, 15) is 4.79 Å². The molecule has 128 valence electrons. The van der Waals surface area contributed by atoms with Gasteiger partial charge in [0.1, 0.15) is 0 Å². The average molecular weight is 346 g/mol. The van der Waals surface area contributed by atoms with E-state index >= 15 is 0 Å². The third-order valence-electron chi connectivity index (χ3n) is 3.98. The van der Waals surface area contributed by atoms with Gasteiger partial charge in [-0.05, 0) is 12.5 Å². The molecule has 24 heavy (non-hydrogen) atoms. The lowest BCUT2D eigenvalue weighted by Crippen LogP contribution is -2.44. The van der Waals surface area contributed by atoms with Gasteiger partial charge in [0.2, 0.25) is 0 Å². The van der Waals surface area contributed by atoms with Crippen LogP contribution in [-0.4, -0.2) is 48.8 Å². The zero-order valence-corrected chi connectivity index (χ0v) is 14.5. The van der Waals surface area contributed by atoms with Crippen LogP contribution in [-0.2, 0) is 4.74 Å². The molecule has 1 aliphatic heterocycles. The van der Waals surface area contributed by atoms with E-state index in [-0.39, 0.29) is 12.1 Å². The largest absolute Gasteiger partial charge is 0.379 e. The molecular weight excluding hydrogens is 324 g/mol. The molecule has 1 aromatic heterocycles. The number of thiazole rings is 1. The fourth-order valence-corrected chi connectivity index (χ4v) is 3.18. The molecule has 1 fully saturated rings. The van der Waals surface area contributed by atoms with Crippen molar-refractivity contribution in [1.29, 1.82) is 0 Å². The van der Waals surface area contributed by atoms with Crippen molar-refractivity contribution < 1.29 is 9.53 Å². The van der Waals surface area contributed by atoms with Crippen molar-refractivity contribution in [3.63, 3.8) is 0 Å². The van der Waals surface area contributed by atoms with Crippen LogP contribution in [0.25, 0.3) is 0 Å². The molecular formula is C17H22N4O2S.